The third-order valence-corrected chi connectivity index (χ3v) is 4.17. The molecule has 0 aromatic heterocycles. The molecule has 1 aliphatic heterocycles. The van der Waals surface area contributed by atoms with Crippen LogP contribution in [0.4, 0.5) is 0 Å². The molecule has 2 rings (SSSR count). The first-order valence-electron chi connectivity index (χ1n) is 6.62. The van der Waals surface area contributed by atoms with E-state index in [9.17, 15) is 4.79 Å². The van der Waals surface area contributed by atoms with Crippen molar-refractivity contribution in [2.45, 2.75) is 25.7 Å². The van der Waals surface area contributed by atoms with E-state index in [4.69, 9.17) is 5.11 Å². The molecule has 0 radical (unpaired) electrons. The van der Waals surface area contributed by atoms with E-state index in [1.165, 1.54) is 19.4 Å². The van der Waals surface area contributed by atoms with Gasteiger partial charge in [0, 0.05) is 19.6 Å². The van der Waals surface area contributed by atoms with Gasteiger partial charge in [-0.1, -0.05) is 0 Å². The Morgan fingerprint density at radius 3 is 2.76 bits per heavy atom. The highest BCUT2D eigenvalue weighted by molar-refractivity contribution is 5.78. The van der Waals surface area contributed by atoms with E-state index in [0.29, 0.717) is 5.92 Å². The molecule has 1 N–H and O–H groups in total. The highest BCUT2D eigenvalue weighted by atomic mass is 16.4. The summed E-state index contributed by atoms with van der Waals surface area (Å²) in [4.78, 5) is 15.7. The highest BCUT2D eigenvalue weighted by Gasteiger charge is 2.50. The summed E-state index contributed by atoms with van der Waals surface area (Å²) in [7, 11) is 4.24. The lowest BCUT2D eigenvalue weighted by Crippen LogP contribution is -2.40. The van der Waals surface area contributed by atoms with Crippen LogP contribution in [0.3, 0.4) is 0 Å². The van der Waals surface area contributed by atoms with Crippen molar-refractivity contribution in [3.05, 3.63) is 0 Å². The van der Waals surface area contributed by atoms with Crippen molar-refractivity contribution in [3.63, 3.8) is 0 Å². The summed E-state index contributed by atoms with van der Waals surface area (Å²) in [5.74, 6) is 0.105. The molecule has 0 amide bonds. The Morgan fingerprint density at radius 2 is 2.24 bits per heavy atom. The van der Waals surface area contributed by atoms with Gasteiger partial charge in [0.15, 0.2) is 0 Å². The molecule has 1 aliphatic carbocycles. The lowest BCUT2D eigenvalue weighted by atomic mass is 9.97. The van der Waals surface area contributed by atoms with Crippen LogP contribution in [0.25, 0.3) is 0 Å². The van der Waals surface area contributed by atoms with E-state index < -0.39 is 11.4 Å². The van der Waals surface area contributed by atoms with E-state index >= 15 is 0 Å². The second kappa shape index (κ2) is 4.94. The number of nitrogens with zero attached hydrogens (tertiary/aromatic N) is 2. The average Bonchev–Trinajstić information content (AvgIpc) is 2.98. The Balaban J connectivity index is 1.77. The predicted octanol–water partition coefficient (Wildman–Crippen LogP) is 1.12. The highest BCUT2D eigenvalue weighted by Crippen LogP contribution is 2.46. The quantitative estimate of drug-likeness (QED) is 0.782. The van der Waals surface area contributed by atoms with Gasteiger partial charge in [-0.15, -0.1) is 0 Å². The molecule has 4 heteroatoms. The molecule has 1 atom stereocenters. The average molecular weight is 240 g/mol. The molecule has 2 fully saturated rings. The van der Waals surface area contributed by atoms with Gasteiger partial charge >= 0.3 is 5.97 Å². The van der Waals surface area contributed by atoms with Gasteiger partial charge in [-0.3, -0.25) is 4.79 Å². The van der Waals surface area contributed by atoms with Crippen molar-refractivity contribution >= 4 is 5.97 Å². The smallest absolute Gasteiger partial charge is 0.310 e. The van der Waals surface area contributed by atoms with Crippen LogP contribution in [0, 0.1) is 11.3 Å². The first kappa shape index (κ1) is 12.8. The Kier molecular flexibility index (Phi) is 3.73. The van der Waals surface area contributed by atoms with Crippen LogP contribution in [0.2, 0.25) is 0 Å². The van der Waals surface area contributed by atoms with Gasteiger partial charge in [-0.2, -0.15) is 0 Å². The summed E-state index contributed by atoms with van der Waals surface area (Å²) in [5, 5.41) is 9.17. The van der Waals surface area contributed by atoms with Crippen LogP contribution in [-0.2, 0) is 4.79 Å². The maximum Gasteiger partial charge on any atom is 0.310 e. The van der Waals surface area contributed by atoms with E-state index in [1.807, 2.05) is 0 Å². The summed E-state index contributed by atoms with van der Waals surface area (Å²) >= 11 is 0. The fourth-order valence-corrected chi connectivity index (χ4v) is 3.03. The van der Waals surface area contributed by atoms with Crippen molar-refractivity contribution in [1.82, 2.24) is 9.80 Å². The zero-order valence-corrected chi connectivity index (χ0v) is 11.0. The number of carboxylic acids is 1. The maximum atomic E-state index is 11.1. The van der Waals surface area contributed by atoms with E-state index in [-0.39, 0.29) is 0 Å². The molecule has 1 saturated heterocycles. The first-order valence-corrected chi connectivity index (χ1v) is 6.62. The van der Waals surface area contributed by atoms with Crippen LogP contribution in [-0.4, -0.2) is 61.2 Å². The van der Waals surface area contributed by atoms with Crippen molar-refractivity contribution in [3.8, 4) is 0 Å². The Hall–Kier alpha value is -0.610. The SMILES string of the molecule is CN1CCCC(CN(C)CC2(C(=O)O)CC2)C1. The van der Waals surface area contributed by atoms with Gasteiger partial charge in [0.05, 0.1) is 5.41 Å². The Labute approximate surface area is 104 Å². The number of hydrogen-bond donors (Lipinski definition) is 1. The molecule has 1 unspecified atom stereocenters. The van der Waals surface area contributed by atoms with Gasteiger partial charge in [0.25, 0.3) is 0 Å². The number of piperidine rings is 1. The minimum absolute atomic E-state index is 0.407. The molecular weight excluding hydrogens is 216 g/mol. The monoisotopic (exact) mass is 240 g/mol. The molecule has 0 aromatic carbocycles. The first-order chi connectivity index (χ1) is 8.02. The fourth-order valence-electron chi connectivity index (χ4n) is 3.03. The van der Waals surface area contributed by atoms with Gasteiger partial charge in [-0.05, 0) is 52.2 Å². The largest absolute Gasteiger partial charge is 0.481 e. The third-order valence-electron chi connectivity index (χ3n) is 4.17. The summed E-state index contributed by atoms with van der Waals surface area (Å²) in [6, 6.07) is 0. The summed E-state index contributed by atoms with van der Waals surface area (Å²) in [5.41, 5.74) is -0.407. The summed E-state index contributed by atoms with van der Waals surface area (Å²) in [6.45, 7) is 4.13. The van der Waals surface area contributed by atoms with E-state index in [1.54, 1.807) is 0 Å². The van der Waals surface area contributed by atoms with Gasteiger partial charge < -0.3 is 14.9 Å². The molecule has 4 nitrogen and oxygen atoms in total. The molecule has 98 valence electrons. The van der Waals surface area contributed by atoms with Crippen molar-refractivity contribution < 1.29 is 9.90 Å². The van der Waals surface area contributed by atoms with Crippen LogP contribution in [0.5, 0.6) is 0 Å². The summed E-state index contributed by atoms with van der Waals surface area (Å²) < 4.78 is 0. The lowest BCUT2D eigenvalue weighted by Gasteiger charge is -2.33. The number of carboxylic acid groups (broad SMARTS) is 1. The second-order valence-corrected chi connectivity index (χ2v) is 6.05. The molecule has 2 aliphatic rings. The van der Waals surface area contributed by atoms with Gasteiger partial charge in [0.1, 0.15) is 0 Å². The van der Waals surface area contributed by atoms with Crippen molar-refractivity contribution in [2.75, 3.05) is 40.3 Å². The molecule has 0 bridgehead atoms. The number of carbonyl (C=O) groups is 1. The molecule has 17 heavy (non-hydrogen) atoms. The molecular formula is C13H24N2O2. The predicted molar refractivity (Wildman–Crippen MR) is 67.0 cm³/mol. The number of rotatable bonds is 5. The summed E-state index contributed by atoms with van der Waals surface area (Å²) in [6.07, 6.45) is 4.28. The Bertz CT molecular complexity index is 289. The molecule has 1 saturated carbocycles. The number of likely N-dealkylation sites (tertiary alicyclic amines) is 1. The third kappa shape index (κ3) is 3.19. The van der Waals surface area contributed by atoms with Gasteiger partial charge in [0.2, 0.25) is 0 Å². The number of aliphatic carboxylic acids is 1. The zero-order valence-electron chi connectivity index (χ0n) is 11.0. The van der Waals surface area contributed by atoms with Crippen LogP contribution in [0.1, 0.15) is 25.7 Å². The lowest BCUT2D eigenvalue weighted by molar-refractivity contribution is -0.144. The zero-order chi connectivity index (χ0) is 12.5. The van der Waals surface area contributed by atoms with Gasteiger partial charge in [-0.25, -0.2) is 0 Å². The standard InChI is InChI=1S/C13H24N2O2/c1-14-7-3-4-11(8-14)9-15(2)10-13(5-6-13)12(16)17/h11H,3-10H2,1-2H3,(H,16,17). The number of hydrogen-bond acceptors (Lipinski definition) is 3. The topological polar surface area (TPSA) is 43.8 Å². The minimum Gasteiger partial charge on any atom is -0.481 e. The molecule has 0 aromatic rings. The second-order valence-electron chi connectivity index (χ2n) is 6.05. The minimum atomic E-state index is -0.606. The Morgan fingerprint density at radius 1 is 1.53 bits per heavy atom. The molecule has 1 heterocycles. The van der Waals surface area contributed by atoms with Crippen LogP contribution in [0.15, 0.2) is 0 Å². The maximum absolute atomic E-state index is 11.1. The van der Waals surface area contributed by atoms with Crippen molar-refractivity contribution in [1.29, 1.82) is 0 Å². The van der Waals surface area contributed by atoms with Crippen molar-refractivity contribution in [2.24, 2.45) is 11.3 Å². The van der Waals surface area contributed by atoms with Crippen LogP contribution < -0.4 is 0 Å². The van der Waals surface area contributed by atoms with E-state index in [2.05, 4.69) is 23.9 Å². The fraction of sp³-hybridized carbons (Fsp3) is 0.923. The van der Waals surface area contributed by atoms with E-state index in [0.717, 1.165) is 32.5 Å². The normalized spacial score (nSPS) is 28.3. The molecule has 0 spiro atoms. The van der Waals surface area contributed by atoms with Crippen LogP contribution >= 0.6 is 0 Å².